The molecule has 134 valence electrons. The van der Waals surface area contributed by atoms with E-state index in [4.69, 9.17) is 4.74 Å². The molecule has 0 unspecified atom stereocenters. The molecule has 1 aromatic carbocycles. The largest absolute Gasteiger partial charge is 0.383 e. The zero-order chi connectivity index (χ0) is 17.6. The summed E-state index contributed by atoms with van der Waals surface area (Å²) in [6.45, 7) is 3.80. The maximum atomic E-state index is 12.8. The Bertz CT molecular complexity index is 665. The summed E-state index contributed by atoms with van der Waals surface area (Å²) in [6.07, 6.45) is 4.28. The number of nitrogens with zero attached hydrogens (tertiary/aromatic N) is 1. The highest BCUT2D eigenvalue weighted by atomic mass is 32.2. The van der Waals surface area contributed by atoms with E-state index in [-0.39, 0.29) is 17.3 Å². The first-order valence-electron chi connectivity index (χ1n) is 8.34. The van der Waals surface area contributed by atoms with Gasteiger partial charge in [-0.15, -0.1) is 0 Å². The fourth-order valence-electron chi connectivity index (χ4n) is 2.80. The summed E-state index contributed by atoms with van der Waals surface area (Å²) >= 11 is 0. The maximum absolute atomic E-state index is 12.8. The third-order valence-corrected chi connectivity index (χ3v) is 5.70. The Hall–Kier alpha value is -1.44. The molecule has 1 aliphatic rings. The Balaban J connectivity index is 2.23. The van der Waals surface area contributed by atoms with E-state index in [9.17, 15) is 13.2 Å². The van der Waals surface area contributed by atoms with E-state index in [2.05, 4.69) is 4.72 Å². The van der Waals surface area contributed by atoms with Crippen LogP contribution >= 0.6 is 0 Å². The smallest absolute Gasteiger partial charge is 0.254 e. The van der Waals surface area contributed by atoms with Gasteiger partial charge in [0.15, 0.2) is 0 Å². The van der Waals surface area contributed by atoms with E-state index in [1.54, 1.807) is 6.07 Å². The normalized spacial score (nSPS) is 16.0. The number of benzene rings is 1. The summed E-state index contributed by atoms with van der Waals surface area (Å²) < 4.78 is 32.0. The number of hydrogen-bond acceptors (Lipinski definition) is 4. The summed E-state index contributed by atoms with van der Waals surface area (Å²) in [5, 5.41) is 0. The van der Waals surface area contributed by atoms with Gasteiger partial charge in [-0.3, -0.25) is 4.79 Å². The van der Waals surface area contributed by atoms with Gasteiger partial charge in [0.25, 0.3) is 5.91 Å². The van der Waals surface area contributed by atoms with Crippen molar-refractivity contribution in [2.45, 2.75) is 37.5 Å². The van der Waals surface area contributed by atoms with Crippen LogP contribution in [-0.2, 0) is 14.8 Å². The predicted molar refractivity (Wildman–Crippen MR) is 92.6 cm³/mol. The van der Waals surface area contributed by atoms with Gasteiger partial charge in [0.1, 0.15) is 0 Å². The SMILES string of the molecule is COCCNS(=O)(=O)c1ccc(C)c(C(=O)N2CCCCCC2)c1. The Kier molecular flexibility index (Phi) is 6.77. The zero-order valence-corrected chi connectivity index (χ0v) is 15.2. The molecule has 24 heavy (non-hydrogen) atoms. The second-order valence-electron chi connectivity index (χ2n) is 6.07. The minimum Gasteiger partial charge on any atom is -0.383 e. The lowest BCUT2D eigenvalue weighted by Crippen LogP contribution is -2.33. The molecule has 7 heteroatoms. The van der Waals surface area contributed by atoms with Gasteiger partial charge in [-0.2, -0.15) is 0 Å². The van der Waals surface area contributed by atoms with Crippen LogP contribution in [0.4, 0.5) is 0 Å². The number of likely N-dealkylation sites (tertiary alicyclic amines) is 1. The van der Waals surface area contributed by atoms with Crippen LogP contribution < -0.4 is 4.72 Å². The lowest BCUT2D eigenvalue weighted by Gasteiger charge is -2.21. The zero-order valence-electron chi connectivity index (χ0n) is 14.4. The Labute approximate surface area is 144 Å². The molecule has 1 aromatic rings. The molecule has 0 bridgehead atoms. The van der Waals surface area contributed by atoms with Crippen molar-refractivity contribution < 1.29 is 17.9 Å². The molecule has 1 heterocycles. The second kappa shape index (κ2) is 8.60. The lowest BCUT2D eigenvalue weighted by atomic mass is 10.1. The number of nitrogens with one attached hydrogen (secondary N) is 1. The molecule has 0 atom stereocenters. The molecule has 1 fully saturated rings. The van der Waals surface area contributed by atoms with Gasteiger partial charge in [0.2, 0.25) is 10.0 Å². The van der Waals surface area contributed by atoms with Crippen molar-refractivity contribution in [1.29, 1.82) is 0 Å². The summed E-state index contributed by atoms with van der Waals surface area (Å²) in [5.41, 5.74) is 1.26. The maximum Gasteiger partial charge on any atom is 0.254 e. The molecule has 1 amide bonds. The summed E-state index contributed by atoms with van der Waals surface area (Å²) in [4.78, 5) is 14.8. The van der Waals surface area contributed by atoms with E-state index in [1.807, 2.05) is 11.8 Å². The van der Waals surface area contributed by atoms with E-state index in [0.717, 1.165) is 44.3 Å². The summed E-state index contributed by atoms with van der Waals surface area (Å²) in [6, 6.07) is 4.71. The molecule has 1 N–H and O–H groups in total. The van der Waals surface area contributed by atoms with Crippen molar-refractivity contribution >= 4 is 15.9 Å². The topological polar surface area (TPSA) is 75.7 Å². The van der Waals surface area contributed by atoms with Gasteiger partial charge in [-0.1, -0.05) is 18.9 Å². The highest BCUT2D eigenvalue weighted by Crippen LogP contribution is 2.19. The third-order valence-electron chi connectivity index (χ3n) is 4.24. The number of ether oxygens (including phenoxy) is 1. The van der Waals surface area contributed by atoms with Crippen LogP contribution in [0.15, 0.2) is 23.1 Å². The van der Waals surface area contributed by atoms with Gasteiger partial charge in [-0.05, 0) is 37.5 Å². The number of carbonyl (C=O) groups excluding carboxylic acids is 1. The van der Waals surface area contributed by atoms with Gasteiger partial charge in [0.05, 0.1) is 11.5 Å². The number of carbonyl (C=O) groups is 1. The van der Waals surface area contributed by atoms with Crippen molar-refractivity contribution in [2.75, 3.05) is 33.4 Å². The number of amides is 1. The predicted octanol–water partition coefficient (Wildman–Crippen LogP) is 1.94. The van der Waals surface area contributed by atoms with Crippen molar-refractivity contribution in [3.8, 4) is 0 Å². The molecule has 1 aliphatic heterocycles. The molecule has 0 aromatic heterocycles. The number of hydrogen-bond donors (Lipinski definition) is 1. The fraction of sp³-hybridized carbons (Fsp3) is 0.588. The van der Waals surface area contributed by atoms with Crippen LogP contribution in [0.2, 0.25) is 0 Å². The molecule has 0 saturated carbocycles. The van der Waals surface area contributed by atoms with Crippen LogP contribution in [0, 0.1) is 6.92 Å². The monoisotopic (exact) mass is 354 g/mol. The number of methoxy groups -OCH3 is 1. The number of sulfonamides is 1. The standard InChI is InChI=1S/C17H26N2O4S/c1-14-7-8-15(24(21,22)18-9-12-23-2)13-16(14)17(20)19-10-5-3-4-6-11-19/h7-8,13,18H,3-6,9-12H2,1-2H3. The molecule has 2 rings (SSSR count). The molecule has 0 spiro atoms. The summed E-state index contributed by atoms with van der Waals surface area (Å²) in [5.74, 6) is -0.0802. The Morgan fingerprint density at radius 3 is 2.50 bits per heavy atom. The molecule has 6 nitrogen and oxygen atoms in total. The van der Waals surface area contributed by atoms with E-state index in [1.165, 1.54) is 19.2 Å². The van der Waals surface area contributed by atoms with Gasteiger partial charge in [-0.25, -0.2) is 13.1 Å². The molecular formula is C17H26N2O4S. The molecule has 0 radical (unpaired) electrons. The number of rotatable bonds is 6. The first-order chi connectivity index (χ1) is 11.5. The first kappa shape index (κ1) is 18.9. The highest BCUT2D eigenvalue weighted by molar-refractivity contribution is 7.89. The van der Waals surface area contributed by atoms with Gasteiger partial charge in [0, 0.05) is 32.3 Å². The Morgan fingerprint density at radius 1 is 1.21 bits per heavy atom. The van der Waals surface area contributed by atoms with E-state index < -0.39 is 10.0 Å². The van der Waals surface area contributed by atoms with Crippen LogP contribution in [0.1, 0.15) is 41.6 Å². The first-order valence-corrected chi connectivity index (χ1v) is 9.82. The number of aryl methyl sites for hydroxylation is 1. The van der Waals surface area contributed by atoms with Crippen molar-refractivity contribution in [1.82, 2.24) is 9.62 Å². The lowest BCUT2D eigenvalue weighted by molar-refractivity contribution is 0.0760. The van der Waals surface area contributed by atoms with Crippen LogP contribution in [0.5, 0.6) is 0 Å². The van der Waals surface area contributed by atoms with Crippen molar-refractivity contribution in [3.63, 3.8) is 0 Å². The van der Waals surface area contributed by atoms with Crippen LogP contribution in [-0.4, -0.2) is 52.6 Å². The van der Waals surface area contributed by atoms with Crippen LogP contribution in [0.3, 0.4) is 0 Å². The van der Waals surface area contributed by atoms with Crippen LogP contribution in [0.25, 0.3) is 0 Å². The van der Waals surface area contributed by atoms with Gasteiger partial charge < -0.3 is 9.64 Å². The van der Waals surface area contributed by atoms with Crippen molar-refractivity contribution in [3.05, 3.63) is 29.3 Å². The van der Waals surface area contributed by atoms with E-state index >= 15 is 0 Å². The molecule has 1 saturated heterocycles. The molecular weight excluding hydrogens is 328 g/mol. The van der Waals surface area contributed by atoms with Crippen molar-refractivity contribution in [2.24, 2.45) is 0 Å². The minimum absolute atomic E-state index is 0.0802. The minimum atomic E-state index is -3.64. The Morgan fingerprint density at radius 2 is 1.88 bits per heavy atom. The quantitative estimate of drug-likeness (QED) is 0.792. The fourth-order valence-corrected chi connectivity index (χ4v) is 3.84. The third kappa shape index (κ3) is 4.78. The average Bonchev–Trinajstić information content (AvgIpc) is 2.84. The highest BCUT2D eigenvalue weighted by Gasteiger charge is 2.22. The molecule has 0 aliphatic carbocycles. The average molecular weight is 354 g/mol. The second-order valence-corrected chi connectivity index (χ2v) is 7.84. The summed E-state index contributed by atoms with van der Waals surface area (Å²) in [7, 11) is -2.13. The van der Waals surface area contributed by atoms with E-state index in [0.29, 0.717) is 12.2 Å². The van der Waals surface area contributed by atoms with Gasteiger partial charge >= 0.3 is 0 Å².